The van der Waals surface area contributed by atoms with E-state index in [-0.39, 0.29) is 16.2 Å². The molecule has 0 aliphatic rings. The lowest BCUT2D eigenvalue weighted by Crippen LogP contribution is -2.16. The van der Waals surface area contributed by atoms with Crippen LogP contribution in [0.4, 0.5) is 5.69 Å². The number of aromatic nitrogens is 2. The van der Waals surface area contributed by atoms with Crippen LogP contribution in [0, 0.1) is 27.7 Å². The number of rotatable bonds is 4. The summed E-state index contributed by atoms with van der Waals surface area (Å²) in [5, 5.41) is 16.0. The van der Waals surface area contributed by atoms with Crippen LogP contribution in [0.3, 0.4) is 0 Å². The Morgan fingerprint density at radius 3 is 2.40 bits per heavy atom. The highest BCUT2D eigenvalue weighted by Crippen LogP contribution is 2.29. The van der Waals surface area contributed by atoms with Crippen molar-refractivity contribution in [1.82, 2.24) is 10.2 Å². The van der Waals surface area contributed by atoms with Gasteiger partial charge in [0.05, 0.1) is 23.7 Å². The maximum Gasteiger partial charge on any atom is 0.265 e. The molecule has 2 aromatic heterocycles. The largest absolute Gasteiger partial charge is 0.465 e. The van der Waals surface area contributed by atoms with Gasteiger partial charge in [0.2, 0.25) is 0 Å². The normalized spacial score (nSPS) is 11.8. The first-order valence-electron chi connectivity index (χ1n) is 6.02. The zero-order chi connectivity index (χ0) is 15.1. The maximum absolute atomic E-state index is 12.5. The van der Waals surface area contributed by atoms with Gasteiger partial charge in [0.25, 0.3) is 10.0 Å². The molecule has 3 N–H and O–H groups in total. The summed E-state index contributed by atoms with van der Waals surface area (Å²) in [6.07, 6.45) is 0. The fourth-order valence-corrected chi connectivity index (χ4v) is 3.76. The third-order valence-electron chi connectivity index (χ3n) is 3.12. The molecular weight excluding hydrogens is 282 g/mol. The molecule has 8 heteroatoms. The second-order valence-corrected chi connectivity index (χ2v) is 6.21. The van der Waals surface area contributed by atoms with Gasteiger partial charge in [-0.1, -0.05) is 0 Å². The lowest BCUT2D eigenvalue weighted by atomic mass is 10.2. The number of aliphatic hydroxyl groups is 1. The molecule has 2 aromatic rings. The van der Waals surface area contributed by atoms with E-state index in [1.54, 1.807) is 27.7 Å². The van der Waals surface area contributed by atoms with Crippen molar-refractivity contribution < 1.29 is 17.9 Å². The Morgan fingerprint density at radius 1 is 1.25 bits per heavy atom. The second kappa shape index (κ2) is 4.95. The van der Waals surface area contributed by atoms with Gasteiger partial charge in [0.15, 0.2) is 0 Å². The Labute approximate surface area is 117 Å². The van der Waals surface area contributed by atoms with E-state index in [2.05, 4.69) is 14.9 Å². The summed E-state index contributed by atoms with van der Waals surface area (Å²) >= 11 is 0. The summed E-state index contributed by atoms with van der Waals surface area (Å²) in [6, 6.07) is 0. The zero-order valence-electron chi connectivity index (χ0n) is 11.7. The van der Waals surface area contributed by atoms with Crippen LogP contribution in [0.15, 0.2) is 9.31 Å². The predicted octanol–water partition coefficient (Wildman–Crippen LogP) is 1.53. The topological polar surface area (TPSA) is 108 Å². The van der Waals surface area contributed by atoms with Crippen LogP contribution in [-0.4, -0.2) is 23.7 Å². The van der Waals surface area contributed by atoms with E-state index in [0.29, 0.717) is 22.8 Å². The molecule has 0 aliphatic carbocycles. The molecule has 0 saturated heterocycles. The summed E-state index contributed by atoms with van der Waals surface area (Å²) in [7, 11) is -3.84. The highest BCUT2D eigenvalue weighted by molar-refractivity contribution is 7.92. The quantitative estimate of drug-likeness (QED) is 0.793. The van der Waals surface area contributed by atoms with Gasteiger partial charge in [-0.15, -0.1) is 0 Å². The van der Waals surface area contributed by atoms with Gasteiger partial charge in [-0.05, 0) is 27.7 Å². The second-order valence-electron chi connectivity index (χ2n) is 4.59. The van der Waals surface area contributed by atoms with Crippen LogP contribution >= 0.6 is 0 Å². The Hall–Kier alpha value is -1.80. The molecule has 0 amide bonds. The lowest BCUT2D eigenvalue weighted by molar-refractivity contribution is 0.276. The van der Waals surface area contributed by atoms with Crippen LogP contribution in [0.5, 0.6) is 0 Å². The number of anilines is 1. The van der Waals surface area contributed by atoms with Gasteiger partial charge < -0.3 is 9.52 Å². The molecule has 0 radical (unpaired) electrons. The molecule has 0 aliphatic heterocycles. The molecule has 2 rings (SSSR count). The van der Waals surface area contributed by atoms with Gasteiger partial charge in [0.1, 0.15) is 16.4 Å². The van der Waals surface area contributed by atoms with Gasteiger partial charge in [-0.25, -0.2) is 8.42 Å². The molecule has 0 spiro atoms. The number of aliphatic hydroxyl groups excluding tert-OH is 1. The number of nitrogens with one attached hydrogen (secondary N) is 2. The molecule has 0 atom stereocenters. The van der Waals surface area contributed by atoms with Crippen LogP contribution in [-0.2, 0) is 16.6 Å². The minimum absolute atomic E-state index is 0.0162. The van der Waals surface area contributed by atoms with Crippen molar-refractivity contribution in [1.29, 1.82) is 0 Å². The number of H-pyrrole nitrogens is 1. The number of aryl methyl sites for hydroxylation is 4. The van der Waals surface area contributed by atoms with Crippen molar-refractivity contribution >= 4 is 15.7 Å². The Kier molecular flexibility index (Phi) is 3.61. The van der Waals surface area contributed by atoms with Crippen LogP contribution in [0.1, 0.15) is 28.5 Å². The number of hydrogen-bond acceptors (Lipinski definition) is 5. The lowest BCUT2D eigenvalue weighted by Gasteiger charge is -2.08. The molecule has 0 fully saturated rings. The van der Waals surface area contributed by atoms with Crippen molar-refractivity contribution in [3.8, 4) is 0 Å². The standard InChI is InChI=1S/C12H17N3O4S/c1-6-11(7(2)14-13-6)15-20(17,18)12-9(4)19-8(3)10(12)5-16/h15-16H,5H2,1-4H3,(H,13,14). The number of aromatic amines is 1. The van der Waals surface area contributed by atoms with Crippen LogP contribution in [0.2, 0.25) is 0 Å². The van der Waals surface area contributed by atoms with Gasteiger partial charge in [-0.2, -0.15) is 5.10 Å². The molecule has 110 valence electrons. The van der Waals surface area contributed by atoms with Crippen molar-refractivity contribution in [2.45, 2.75) is 39.2 Å². The van der Waals surface area contributed by atoms with E-state index >= 15 is 0 Å². The van der Waals surface area contributed by atoms with Crippen molar-refractivity contribution in [3.05, 3.63) is 28.5 Å². The fraction of sp³-hybridized carbons (Fsp3) is 0.417. The number of furan rings is 1. The first kappa shape index (κ1) is 14.6. The summed E-state index contributed by atoms with van der Waals surface area (Å²) in [4.78, 5) is -0.0162. The smallest absolute Gasteiger partial charge is 0.265 e. The summed E-state index contributed by atoms with van der Waals surface area (Å²) in [6.45, 7) is 6.19. The van der Waals surface area contributed by atoms with E-state index in [0.717, 1.165) is 0 Å². The van der Waals surface area contributed by atoms with E-state index < -0.39 is 16.6 Å². The molecule has 0 bridgehead atoms. The fourth-order valence-electron chi connectivity index (χ4n) is 2.13. The minimum Gasteiger partial charge on any atom is -0.465 e. The monoisotopic (exact) mass is 299 g/mol. The summed E-state index contributed by atoms with van der Waals surface area (Å²) < 4.78 is 32.8. The molecule has 0 unspecified atom stereocenters. The molecule has 2 heterocycles. The third-order valence-corrected chi connectivity index (χ3v) is 4.66. The van der Waals surface area contributed by atoms with Gasteiger partial charge in [-0.3, -0.25) is 9.82 Å². The molecular formula is C12H17N3O4S. The average Bonchev–Trinajstić information content (AvgIpc) is 2.82. The van der Waals surface area contributed by atoms with E-state index in [4.69, 9.17) is 4.42 Å². The van der Waals surface area contributed by atoms with Crippen molar-refractivity contribution in [3.63, 3.8) is 0 Å². The van der Waals surface area contributed by atoms with Crippen LogP contribution < -0.4 is 4.72 Å². The number of sulfonamides is 1. The Morgan fingerprint density at radius 2 is 1.90 bits per heavy atom. The highest BCUT2D eigenvalue weighted by atomic mass is 32.2. The Balaban J connectivity index is 2.52. The summed E-state index contributed by atoms with van der Waals surface area (Å²) in [5.74, 6) is 0.642. The average molecular weight is 299 g/mol. The Bertz CT molecular complexity index is 724. The number of nitrogens with zero attached hydrogens (tertiary/aromatic N) is 1. The molecule has 7 nitrogen and oxygen atoms in total. The third kappa shape index (κ3) is 2.32. The zero-order valence-corrected chi connectivity index (χ0v) is 12.6. The first-order valence-corrected chi connectivity index (χ1v) is 7.50. The van der Waals surface area contributed by atoms with Crippen molar-refractivity contribution in [2.75, 3.05) is 4.72 Å². The molecule has 0 aromatic carbocycles. The van der Waals surface area contributed by atoms with E-state index in [1.165, 1.54) is 0 Å². The van der Waals surface area contributed by atoms with Gasteiger partial charge >= 0.3 is 0 Å². The SMILES string of the molecule is Cc1n[nH]c(C)c1NS(=O)(=O)c1c(C)oc(C)c1CO. The highest BCUT2D eigenvalue weighted by Gasteiger charge is 2.27. The minimum atomic E-state index is -3.84. The number of hydrogen-bond donors (Lipinski definition) is 3. The molecule has 20 heavy (non-hydrogen) atoms. The molecule has 0 saturated carbocycles. The van der Waals surface area contributed by atoms with Crippen molar-refractivity contribution in [2.24, 2.45) is 0 Å². The van der Waals surface area contributed by atoms with E-state index in [1.807, 2.05) is 0 Å². The summed E-state index contributed by atoms with van der Waals surface area (Å²) in [5.41, 5.74) is 1.85. The van der Waals surface area contributed by atoms with E-state index in [9.17, 15) is 13.5 Å². The predicted molar refractivity (Wildman–Crippen MR) is 73.0 cm³/mol. The maximum atomic E-state index is 12.5. The van der Waals surface area contributed by atoms with Crippen LogP contribution in [0.25, 0.3) is 0 Å². The van der Waals surface area contributed by atoms with Gasteiger partial charge in [0, 0.05) is 5.56 Å². The first-order chi connectivity index (χ1) is 9.27.